The van der Waals surface area contributed by atoms with Gasteiger partial charge >= 0.3 is 0 Å². The van der Waals surface area contributed by atoms with E-state index in [0.717, 1.165) is 58.0 Å². The average molecular weight is 440 g/mol. The van der Waals surface area contributed by atoms with Crippen molar-refractivity contribution in [2.45, 2.75) is 52.6 Å². The van der Waals surface area contributed by atoms with Crippen LogP contribution in [-0.2, 0) is 9.53 Å². The van der Waals surface area contributed by atoms with Crippen molar-refractivity contribution < 1.29 is 9.53 Å². The first-order chi connectivity index (χ1) is 10.5. The smallest absolute Gasteiger partial charge is 0.217 e. The van der Waals surface area contributed by atoms with Gasteiger partial charge in [0.15, 0.2) is 5.96 Å². The van der Waals surface area contributed by atoms with Crippen LogP contribution in [-0.4, -0.2) is 55.7 Å². The zero-order valence-corrected chi connectivity index (χ0v) is 17.0. The SMILES string of the molecule is CCNC(=NCCCOC(C)C)N1CCCC(CC(N)=O)C1.I. The van der Waals surface area contributed by atoms with Gasteiger partial charge in [0, 0.05) is 39.2 Å². The maximum Gasteiger partial charge on any atom is 0.217 e. The van der Waals surface area contributed by atoms with Crippen molar-refractivity contribution in [2.24, 2.45) is 16.6 Å². The molecule has 0 bridgehead atoms. The van der Waals surface area contributed by atoms with Gasteiger partial charge in [-0.3, -0.25) is 9.79 Å². The molecule has 1 aliphatic rings. The lowest BCUT2D eigenvalue weighted by Gasteiger charge is -2.34. The summed E-state index contributed by atoms with van der Waals surface area (Å²) in [5.74, 6) is 1.08. The maximum atomic E-state index is 11.1. The Morgan fingerprint density at radius 1 is 1.48 bits per heavy atom. The minimum atomic E-state index is -0.209. The summed E-state index contributed by atoms with van der Waals surface area (Å²) in [6, 6.07) is 0. The number of carbonyl (C=O) groups is 1. The summed E-state index contributed by atoms with van der Waals surface area (Å²) < 4.78 is 5.54. The number of nitrogens with one attached hydrogen (secondary N) is 1. The standard InChI is InChI=1S/C16H32N4O2.HI/c1-4-18-16(19-8-6-10-22-13(2)3)20-9-5-7-14(12-20)11-15(17)21;/h13-14H,4-12H2,1-3H3,(H2,17,21)(H,18,19);1H. The molecule has 0 aromatic heterocycles. The Hall–Kier alpha value is -0.570. The van der Waals surface area contributed by atoms with Crippen LogP contribution in [0.15, 0.2) is 4.99 Å². The topological polar surface area (TPSA) is 80.0 Å². The molecule has 1 fully saturated rings. The lowest BCUT2D eigenvalue weighted by molar-refractivity contribution is -0.119. The van der Waals surface area contributed by atoms with Gasteiger partial charge in [-0.25, -0.2) is 0 Å². The number of likely N-dealkylation sites (tertiary alicyclic amines) is 1. The Labute approximate surface area is 157 Å². The van der Waals surface area contributed by atoms with Crippen LogP contribution in [0.25, 0.3) is 0 Å². The van der Waals surface area contributed by atoms with E-state index in [1.807, 2.05) is 13.8 Å². The molecule has 1 unspecified atom stereocenters. The van der Waals surface area contributed by atoms with Crippen molar-refractivity contribution in [1.29, 1.82) is 0 Å². The van der Waals surface area contributed by atoms with E-state index in [2.05, 4.69) is 22.1 Å². The van der Waals surface area contributed by atoms with Gasteiger partial charge in [0.2, 0.25) is 5.91 Å². The van der Waals surface area contributed by atoms with Crippen LogP contribution in [0.3, 0.4) is 0 Å². The second kappa shape index (κ2) is 12.8. The first kappa shape index (κ1) is 22.4. The van der Waals surface area contributed by atoms with Gasteiger partial charge in [-0.2, -0.15) is 0 Å². The molecule has 1 aliphatic heterocycles. The lowest BCUT2D eigenvalue weighted by Crippen LogP contribution is -2.47. The number of amides is 1. The fourth-order valence-electron chi connectivity index (χ4n) is 2.70. The minimum Gasteiger partial charge on any atom is -0.379 e. The molecule has 1 rings (SSSR count). The Balaban J connectivity index is 0.00000484. The fraction of sp³-hybridized carbons (Fsp3) is 0.875. The molecule has 0 saturated carbocycles. The summed E-state index contributed by atoms with van der Waals surface area (Å²) in [6.07, 6.45) is 3.82. The molecule has 1 heterocycles. The zero-order valence-electron chi connectivity index (χ0n) is 14.7. The highest BCUT2D eigenvalue weighted by Crippen LogP contribution is 2.19. The maximum absolute atomic E-state index is 11.1. The molecule has 0 spiro atoms. The van der Waals surface area contributed by atoms with Gasteiger partial charge in [-0.05, 0) is 46.0 Å². The molecule has 136 valence electrons. The van der Waals surface area contributed by atoms with Crippen molar-refractivity contribution in [3.63, 3.8) is 0 Å². The predicted molar refractivity (Wildman–Crippen MR) is 105 cm³/mol. The number of hydrogen-bond acceptors (Lipinski definition) is 3. The molecule has 23 heavy (non-hydrogen) atoms. The Kier molecular flexibility index (Phi) is 12.5. The number of rotatable bonds is 8. The quantitative estimate of drug-likeness (QED) is 0.262. The van der Waals surface area contributed by atoms with Crippen LogP contribution >= 0.6 is 24.0 Å². The van der Waals surface area contributed by atoms with Crippen molar-refractivity contribution in [3.05, 3.63) is 0 Å². The number of nitrogens with zero attached hydrogens (tertiary/aromatic N) is 2. The van der Waals surface area contributed by atoms with E-state index in [4.69, 9.17) is 10.5 Å². The number of carbonyl (C=O) groups excluding carboxylic acids is 1. The first-order valence-corrected chi connectivity index (χ1v) is 8.46. The Morgan fingerprint density at radius 3 is 2.83 bits per heavy atom. The molecule has 1 saturated heterocycles. The molecular formula is C16H33IN4O2. The number of halogens is 1. The molecule has 6 nitrogen and oxygen atoms in total. The number of guanidine groups is 1. The third-order valence-electron chi connectivity index (χ3n) is 3.66. The average Bonchev–Trinajstić information content (AvgIpc) is 2.45. The van der Waals surface area contributed by atoms with E-state index in [-0.39, 0.29) is 36.0 Å². The van der Waals surface area contributed by atoms with Gasteiger partial charge in [-0.15, -0.1) is 24.0 Å². The summed E-state index contributed by atoms with van der Waals surface area (Å²) in [7, 11) is 0. The molecule has 3 N–H and O–H groups in total. The summed E-state index contributed by atoms with van der Waals surface area (Å²) in [5.41, 5.74) is 5.32. The van der Waals surface area contributed by atoms with Crippen LogP contribution in [0.2, 0.25) is 0 Å². The molecule has 0 aromatic rings. The van der Waals surface area contributed by atoms with Gasteiger partial charge in [0.25, 0.3) is 0 Å². The zero-order chi connectivity index (χ0) is 16.4. The normalized spacial score (nSPS) is 18.7. The first-order valence-electron chi connectivity index (χ1n) is 8.46. The summed E-state index contributed by atoms with van der Waals surface area (Å²) >= 11 is 0. The van der Waals surface area contributed by atoms with Crippen molar-refractivity contribution >= 4 is 35.8 Å². The number of aliphatic imine (C=N–C) groups is 1. The molecule has 1 amide bonds. The summed E-state index contributed by atoms with van der Waals surface area (Å²) in [6.45, 7) is 10.3. The lowest BCUT2D eigenvalue weighted by atomic mass is 9.95. The summed E-state index contributed by atoms with van der Waals surface area (Å²) in [4.78, 5) is 18.0. The molecule has 7 heteroatoms. The van der Waals surface area contributed by atoms with Crippen LogP contribution < -0.4 is 11.1 Å². The number of piperidine rings is 1. The van der Waals surface area contributed by atoms with Crippen molar-refractivity contribution in [1.82, 2.24) is 10.2 Å². The van der Waals surface area contributed by atoms with Crippen LogP contribution in [0.4, 0.5) is 0 Å². The Bertz CT molecular complexity index is 364. The van der Waals surface area contributed by atoms with Crippen molar-refractivity contribution in [3.8, 4) is 0 Å². The van der Waals surface area contributed by atoms with Gasteiger partial charge < -0.3 is 20.7 Å². The number of ether oxygens (including phenoxy) is 1. The largest absolute Gasteiger partial charge is 0.379 e. The minimum absolute atomic E-state index is 0. The van der Waals surface area contributed by atoms with Crippen LogP contribution in [0.1, 0.15) is 46.5 Å². The highest BCUT2D eigenvalue weighted by molar-refractivity contribution is 14.0. The third kappa shape index (κ3) is 10.0. The molecule has 0 aliphatic carbocycles. The van der Waals surface area contributed by atoms with E-state index >= 15 is 0 Å². The molecule has 0 radical (unpaired) electrons. The number of nitrogens with two attached hydrogens (primary N) is 1. The molecule has 1 atom stereocenters. The summed E-state index contributed by atoms with van der Waals surface area (Å²) in [5, 5.41) is 3.34. The fourth-order valence-corrected chi connectivity index (χ4v) is 2.70. The third-order valence-corrected chi connectivity index (χ3v) is 3.66. The monoisotopic (exact) mass is 440 g/mol. The van der Waals surface area contributed by atoms with E-state index < -0.39 is 0 Å². The molecule has 0 aromatic carbocycles. The van der Waals surface area contributed by atoms with Gasteiger partial charge in [0.05, 0.1) is 6.10 Å². The van der Waals surface area contributed by atoms with E-state index in [1.54, 1.807) is 0 Å². The number of hydrogen-bond donors (Lipinski definition) is 2. The second-order valence-electron chi connectivity index (χ2n) is 6.13. The highest BCUT2D eigenvalue weighted by Gasteiger charge is 2.23. The van der Waals surface area contributed by atoms with Crippen molar-refractivity contribution in [2.75, 3.05) is 32.8 Å². The van der Waals surface area contributed by atoms with Crippen LogP contribution in [0.5, 0.6) is 0 Å². The van der Waals surface area contributed by atoms with E-state index in [1.165, 1.54) is 0 Å². The predicted octanol–water partition coefficient (Wildman–Crippen LogP) is 1.97. The Morgan fingerprint density at radius 2 is 2.22 bits per heavy atom. The molecular weight excluding hydrogens is 407 g/mol. The highest BCUT2D eigenvalue weighted by atomic mass is 127. The van der Waals surface area contributed by atoms with Gasteiger partial charge in [-0.1, -0.05) is 0 Å². The van der Waals surface area contributed by atoms with E-state index in [9.17, 15) is 4.79 Å². The van der Waals surface area contributed by atoms with Gasteiger partial charge in [0.1, 0.15) is 0 Å². The number of primary amides is 1. The van der Waals surface area contributed by atoms with E-state index in [0.29, 0.717) is 12.3 Å². The van der Waals surface area contributed by atoms with Crippen LogP contribution in [0, 0.1) is 5.92 Å². The second-order valence-corrected chi connectivity index (χ2v) is 6.13.